The Hall–Kier alpha value is -2.89. The smallest absolute Gasteiger partial charge is 0.131 e. The first-order chi connectivity index (χ1) is 10.2. The standard InChI is InChI=1S/C15H13FN4O/c1-20-10-11(9-18-20)15-8-14(6-7-17-15)21-13-4-2-12(19-16)3-5-13/h2-10,19H,1H3. The summed E-state index contributed by atoms with van der Waals surface area (Å²) in [5.41, 5.74) is 3.66. The molecule has 0 aliphatic heterocycles. The quantitative estimate of drug-likeness (QED) is 0.744. The molecule has 106 valence electrons. The lowest BCUT2D eigenvalue weighted by Crippen LogP contribution is -1.88. The maximum atomic E-state index is 12.2. The average molecular weight is 284 g/mol. The van der Waals surface area contributed by atoms with Gasteiger partial charge in [0.1, 0.15) is 11.5 Å². The van der Waals surface area contributed by atoms with E-state index in [2.05, 4.69) is 10.1 Å². The number of halogens is 1. The Morgan fingerprint density at radius 1 is 1.14 bits per heavy atom. The molecule has 0 atom stereocenters. The van der Waals surface area contributed by atoms with Crippen LogP contribution in [0.15, 0.2) is 55.0 Å². The number of aromatic nitrogens is 3. The van der Waals surface area contributed by atoms with Crippen molar-refractivity contribution in [3.8, 4) is 22.8 Å². The first-order valence-electron chi connectivity index (χ1n) is 6.34. The Balaban J connectivity index is 1.82. The summed E-state index contributed by atoms with van der Waals surface area (Å²) in [6, 6.07) is 10.2. The van der Waals surface area contributed by atoms with E-state index in [1.807, 2.05) is 19.3 Å². The van der Waals surface area contributed by atoms with Gasteiger partial charge in [-0.15, -0.1) is 4.48 Å². The van der Waals surface area contributed by atoms with Gasteiger partial charge in [-0.2, -0.15) is 5.10 Å². The molecule has 3 aromatic rings. The van der Waals surface area contributed by atoms with Gasteiger partial charge < -0.3 is 4.74 Å². The number of anilines is 1. The first-order valence-corrected chi connectivity index (χ1v) is 6.34. The van der Waals surface area contributed by atoms with Crippen molar-refractivity contribution in [2.45, 2.75) is 0 Å². The monoisotopic (exact) mass is 284 g/mol. The van der Waals surface area contributed by atoms with Crippen molar-refractivity contribution in [1.29, 1.82) is 0 Å². The van der Waals surface area contributed by atoms with Gasteiger partial charge >= 0.3 is 0 Å². The lowest BCUT2D eigenvalue weighted by atomic mass is 10.2. The second-order valence-corrected chi connectivity index (χ2v) is 4.50. The number of benzene rings is 1. The van der Waals surface area contributed by atoms with Crippen LogP contribution < -0.4 is 10.3 Å². The van der Waals surface area contributed by atoms with Gasteiger partial charge in [-0.05, 0) is 30.3 Å². The topological polar surface area (TPSA) is 52.0 Å². The third kappa shape index (κ3) is 3.00. The summed E-state index contributed by atoms with van der Waals surface area (Å²) >= 11 is 0. The zero-order chi connectivity index (χ0) is 14.7. The Bertz CT molecular complexity index is 739. The number of pyridine rings is 1. The first kappa shape index (κ1) is 13.1. The zero-order valence-electron chi connectivity index (χ0n) is 11.3. The Labute approximate surface area is 121 Å². The molecule has 0 saturated heterocycles. The summed E-state index contributed by atoms with van der Waals surface area (Å²) < 4.78 is 19.7. The average Bonchev–Trinajstić information content (AvgIpc) is 2.95. The number of nitrogens with zero attached hydrogens (tertiary/aromatic N) is 3. The minimum absolute atomic E-state index is 0.383. The second kappa shape index (κ2) is 5.62. The Morgan fingerprint density at radius 2 is 1.95 bits per heavy atom. The van der Waals surface area contributed by atoms with Crippen molar-refractivity contribution in [1.82, 2.24) is 14.8 Å². The number of hydrogen-bond acceptors (Lipinski definition) is 4. The summed E-state index contributed by atoms with van der Waals surface area (Å²) in [7, 11) is 1.85. The van der Waals surface area contributed by atoms with Gasteiger partial charge in [0.25, 0.3) is 0 Å². The van der Waals surface area contributed by atoms with Crippen molar-refractivity contribution < 1.29 is 9.22 Å². The summed E-state index contributed by atoms with van der Waals surface area (Å²) in [6.45, 7) is 0. The van der Waals surface area contributed by atoms with Gasteiger partial charge in [0.2, 0.25) is 0 Å². The lowest BCUT2D eigenvalue weighted by Gasteiger charge is -2.07. The van der Waals surface area contributed by atoms with Gasteiger partial charge in [0, 0.05) is 31.1 Å². The summed E-state index contributed by atoms with van der Waals surface area (Å²) in [5, 5.41) is 4.12. The fourth-order valence-corrected chi connectivity index (χ4v) is 1.91. The van der Waals surface area contributed by atoms with Crippen LogP contribution in [0.2, 0.25) is 0 Å². The highest BCUT2D eigenvalue weighted by Crippen LogP contribution is 2.26. The molecule has 0 radical (unpaired) electrons. The van der Waals surface area contributed by atoms with Gasteiger partial charge in [-0.3, -0.25) is 9.67 Å². The van der Waals surface area contributed by atoms with Gasteiger partial charge in [0.05, 0.1) is 17.6 Å². The molecule has 0 aliphatic carbocycles. The molecule has 2 aromatic heterocycles. The number of rotatable bonds is 4. The van der Waals surface area contributed by atoms with Crippen LogP contribution in [-0.4, -0.2) is 14.8 Å². The van der Waals surface area contributed by atoms with E-state index >= 15 is 0 Å². The van der Waals surface area contributed by atoms with E-state index in [1.54, 1.807) is 52.9 Å². The molecule has 0 fully saturated rings. The number of hydrogen-bond donors (Lipinski definition) is 1. The van der Waals surface area contributed by atoms with Crippen molar-refractivity contribution >= 4 is 5.69 Å². The molecule has 2 heterocycles. The van der Waals surface area contributed by atoms with Crippen molar-refractivity contribution in [3.05, 3.63) is 55.0 Å². The van der Waals surface area contributed by atoms with Crippen molar-refractivity contribution in [2.75, 3.05) is 5.54 Å². The van der Waals surface area contributed by atoms with E-state index < -0.39 is 0 Å². The van der Waals surface area contributed by atoms with Crippen molar-refractivity contribution in [3.63, 3.8) is 0 Å². The molecular weight excluding hydrogens is 271 g/mol. The normalized spacial score (nSPS) is 10.4. The molecule has 3 rings (SSSR count). The van der Waals surface area contributed by atoms with E-state index in [0.29, 0.717) is 17.2 Å². The molecule has 1 N–H and O–H groups in total. The molecule has 21 heavy (non-hydrogen) atoms. The van der Waals surface area contributed by atoms with Crippen LogP contribution in [0.5, 0.6) is 11.5 Å². The molecule has 0 aliphatic rings. The SMILES string of the molecule is Cn1cc(-c2cc(Oc3ccc(NF)cc3)ccn2)cn1. The van der Waals surface area contributed by atoms with E-state index in [4.69, 9.17) is 4.74 Å². The fraction of sp³-hybridized carbons (Fsp3) is 0.0667. The van der Waals surface area contributed by atoms with Crippen LogP contribution in [0, 0.1) is 0 Å². The highest BCUT2D eigenvalue weighted by Gasteiger charge is 2.05. The predicted molar refractivity (Wildman–Crippen MR) is 77.7 cm³/mol. The minimum Gasteiger partial charge on any atom is -0.457 e. The molecular formula is C15H13FN4O. The summed E-state index contributed by atoms with van der Waals surface area (Å²) in [5.74, 6) is 1.28. The van der Waals surface area contributed by atoms with E-state index in [-0.39, 0.29) is 0 Å². The van der Waals surface area contributed by atoms with Crippen LogP contribution in [0.4, 0.5) is 10.2 Å². The molecule has 6 heteroatoms. The largest absolute Gasteiger partial charge is 0.457 e. The van der Waals surface area contributed by atoms with E-state index in [9.17, 15) is 4.48 Å². The fourth-order valence-electron chi connectivity index (χ4n) is 1.91. The number of nitrogens with one attached hydrogen (secondary N) is 1. The molecule has 0 spiro atoms. The molecule has 1 aromatic carbocycles. The third-order valence-corrected chi connectivity index (χ3v) is 2.93. The minimum atomic E-state index is 0.383. The van der Waals surface area contributed by atoms with Crippen LogP contribution in [0.25, 0.3) is 11.3 Å². The van der Waals surface area contributed by atoms with Gasteiger partial charge in [-0.1, -0.05) is 0 Å². The lowest BCUT2D eigenvalue weighted by molar-refractivity contribution is 0.482. The van der Waals surface area contributed by atoms with Crippen LogP contribution >= 0.6 is 0 Å². The highest BCUT2D eigenvalue weighted by molar-refractivity contribution is 5.59. The van der Waals surface area contributed by atoms with Crippen LogP contribution in [0.3, 0.4) is 0 Å². The number of ether oxygens (including phenoxy) is 1. The molecule has 0 amide bonds. The van der Waals surface area contributed by atoms with Crippen LogP contribution in [0.1, 0.15) is 0 Å². The molecule has 5 nitrogen and oxygen atoms in total. The second-order valence-electron chi connectivity index (χ2n) is 4.50. The maximum absolute atomic E-state index is 12.2. The van der Waals surface area contributed by atoms with Crippen molar-refractivity contribution in [2.24, 2.45) is 7.05 Å². The van der Waals surface area contributed by atoms with Crippen LogP contribution in [-0.2, 0) is 7.05 Å². The Morgan fingerprint density at radius 3 is 2.62 bits per heavy atom. The third-order valence-electron chi connectivity index (χ3n) is 2.93. The summed E-state index contributed by atoms with van der Waals surface area (Å²) in [6.07, 6.45) is 5.30. The molecule has 0 bridgehead atoms. The maximum Gasteiger partial charge on any atom is 0.131 e. The highest BCUT2D eigenvalue weighted by atomic mass is 19.2. The van der Waals surface area contributed by atoms with E-state index in [0.717, 1.165) is 11.3 Å². The predicted octanol–water partition coefficient (Wildman–Crippen LogP) is 3.57. The van der Waals surface area contributed by atoms with Gasteiger partial charge in [-0.25, -0.2) is 5.54 Å². The van der Waals surface area contributed by atoms with E-state index in [1.165, 1.54) is 0 Å². The Kier molecular flexibility index (Phi) is 3.51. The number of aryl methyl sites for hydroxylation is 1. The van der Waals surface area contributed by atoms with Gasteiger partial charge in [0.15, 0.2) is 0 Å². The molecule has 0 unspecified atom stereocenters. The zero-order valence-corrected chi connectivity index (χ0v) is 11.3. The summed E-state index contributed by atoms with van der Waals surface area (Å²) in [4.78, 5) is 4.30. The molecule has 0 saturated carbocycles.